The Morgan fingerprint density at radius 2 is 1.88 bits per heavy atom. The molecule has 0 bridgehead atoms. The van der Waals surface area contributed by atoms with Crippen LogP contribution in [-0.4, -0.2) is 53.0 Å². The van der Waals surface area contributed by atoms with E-state index in [-0.39, 0.29) is 39.9 Å². The Morgan fingerprint density at radius 1 is 1.16 bits per heavy atom. The van der Waals surface area contributed by atoms with Gasteiger partial charge in [0.05, 0.1) is 35.3 Å². The molecule has 0 aromatic carbocycles. The van der Waals surface area contributed by atoms with E-state index in [2.05, 4.69) is 15.0 Å². The van der Waals surface area contributed by atoms with Crippen LogP contribution in [0.3, 0.4) is 0 Å². The number of methoxy groups -OCH3 is 1. The van der Waals surface area contributed by atoms with Crippen molar-refractivity contribution in [1.29, 1.82) is 0 Å². The van der Waals surface area contributed by atoms with Crippen LogP contribution in [-0.2, 0) is 27.8 Å². The minimum Gasteiger partial charge on any atom is -0.489 e. The quantitative estimate of drug-likeness (QED) is 0.545. The Labute approximate surface area is 182 Å². The summed E-state index contributed by atoms with van der Waals surface area (Å²) in [6, 6.07) is 2.22. The Kier molecular flexibility index (Phi) is 5.61. The highest BCUT2D eigenvalue weighted by Crippen LogP contribution is 2.34. The van der Waals surface area contributed by atoms with Crippen LogP contribution in [0.2, 0.25) is 0 Å². The van der Waals surface area contributed by atoms with Crippen LogP contribution in [0, 0.1) is 0 Å². The molecule has 4 rings (SSSR count). The van der Waals surface area contributed by atoms with Crippen molar-refractivity contribution in [3.8, 4) is 17.3 Å². The predicted octanol–water partition coefficient (Wildman–Crippen LogP) is 3.40. The van der Waals surface area contributed by atoms with Gasteiger partial charge in [-0.05, 0) is 6.07 Å². The van der Waals surface area contributed by atoms with Gasteiger partial charge in [-0.3, -0.25) is 0 Å². The molecule has 1 aliphatic rings. The number of pyridine rings is 2. The average Bonchev–Trinajstić information content (AvgIpc) is 3.05. The van der Waals surface area contributed by atoms with Gasteiger partial charge in [0.1, 0.15) is 28.1 Å². The molecule has 0 N–H and O–H groups in total. The third kappa shape index (κ3) is 4.04. The van der Waals surface area contributed by atoms with Gasteiger partial charge in [-0.15, -0.1) is 0 Å². The normalized spacial score (nSPS) is 19.2. The first-order valence-electron chi connectivity index (χ1n) is 9.85. The van der Waals surface area contributed by atoms with Gasteiger partial charge in [-0.1, -0.05) is 6.92 Å². The monoisotopic (exact) mass is 470 g/mol. The average molecular weight is 470 g/mol. The van der Waals surface area contributed by atoms with Crippen LogP contribution in [0.4, 0.5) is 13.2 Å². The van der Waals surface area contributed by atoms with Crippen molar-refractivity contribution in [2.75, 3.05) is 12.9 Å². The summed E-state index contributed by atoms with van der Waals surface area (Å²) in [5.41, 5.74) is -0.695. The lowest BCUT2D eigenvalue weighted by Gasteiger charge is -2.34. The Hall–Kier alpha value is -2.73. The molecule has 0 radical (unpaired) electrons. The van der Waals surface area contributed by atoms with Gasteiger partial charge in [0.15, 0.2) is 15.7 Å². The summed E-state index contributed by atoms with van der Waals surface area (Å²) in [6.07, 6.45) is -0.788. The van der Waals surface area contributed by atoms with Crippen LogP contribution in [0.15, 0.2) is 29.4 Å². The van der Waals surface area contributed by atoms with E-state index in [0.717, 1.165) is 12.3 Å². The van der Waals surface area contributed by atoms with Gasteiger partial charge in [-0.25, -0.2) is 23.4 Å². The highest BCUT2D eigenvalue weighted by molar-refractivity contribution is 7.91. The summed E-state index contributed by atoms with van der Waals surface area (Å²) in [5.74, 6) is 0.215. The maximum atomic E-state index is 13.0. The fraction of sp³-hybridized carbons (Fsp3) is 0.450. The van der Waals surface area contributed by atoms with Crippen molar-refractivity contribution in [3.63, 3.8) is 0 Å². The van der Waals surface area contributed by atoms with E-state index in [4.69, 9.17) is 9.47 Å². The van der Waals surface area contributed by atoms with Gasteiger partial charge in [-0.2, -0.15) is 13.2 Å². The number of hydrogen-bond donors (Lipinski definition) is 0. The lowest BCUT2D eigenvalue weighted by Crippen LogP contribution is -2.38. The maximum Gasteiger partial charge on any atom is 0.433 e. The number of halogens is 3. The Morgan fingerprint density at radius 3 is 2.50 bits per heavy atom. The van der Waals surface area contributed by atoms with Crippen molar-refractivity contribution in [2.45, 2.75) is 43.0 Å². The van der Waals surface area contributed by atoms with Crippen molar-refractivity contribution in [2.24, 2.45) is 7.05 Å². The molecule has 0 spiro atoms. The fourth-order valence-corrected chi connectivity index (χ4v) is 4.55. The molecule has 32 heavy (non-hydrogen) atoms. The zero-order chi connectivity index (χ0) is 23.3. The molecule has 172 valence electrons. The summed E-state index contributed by atoms with van der Waals surface area (Å²) in [6.45, 7) is 1.50. The molecule has 1 aliphatic carbocycles. The molecule has 0 unspecified atom stereocenters. The summed E-state index contributed by atoms with van der Waals surface area (Å²) in [7, 11) is -0.560. The number of fused-ring (bicyclic) bond motifs is 1. The van der Waals surface area contributed by atoms with Crippen LogP contribution in [0.5, 0.6) is 5.75 Å². The fourth-order valence-electron chi connectivity index (χ4n) is 3.51. The Balaban J connectivity index is 1.78. The highest BCUT2D eigenvalue weighted by atomic mass is 32.2. The van der Waals surface area contributed by atoms with Gasteiger partial charge < -0.3 is 14.0 Å². The van der Waals surface area contributed by atoms with E-state index in [1.165, 1.54) is 23.8 Å². The second kappa shape index (κ2) is 8.00. The first kappa shape index (κ1) is 22.5. The Bertz CT molecular complexity index is 1270. The summed E-state index contributed by atoms with van der Waals surface area (Å²) >= 11 is 0. The molecule has 3 aromatic heterocycles. The van der Waals surface area contributed by atoms with Crippen LogP contribution < -0.4 is 4.74 Å². The third-order valence-corrected chi connectivity index (χ3v) is 7.24. The molecule has 3 heterocycles. The van der Waals surface area contributed by atoms with E-state index in [1.807, 2.05) is 0 Å². The smallest absolute Gasteiger partial charge is 0.433 e. The van der Waals surface area contributed by atoms with Crippen LogP contribution >= 0.6 is 0 Å². The second-order valence-electron chi connectivity index (χ2n) is 7.54. The van der Waals surface area contributed by atoms with Crippen molar-refractivity contribution in [3.05, 3.63) is 30.2 Å². The number of nitrogens with zero attached hydrogens (tertiary/aromatic N) is 4. The molecule has 3 aromatic rings. The van der Waals surface area contributed by atoms with Crippen molar-refractivity contribution < 1.29 is 31.1 Å². The van der Waals surface area contributed by atoms with E-state index in [0.29, 0.717) is 24.1 Å². The largest absolute Gasteiger partial charge is 0.489 e. The maximum absolute atomic E-state index is 13.0. The molecule has 1 fully saturated rings. The van der Waals surface area contributed by atoms with E-state index in [1.54, 1.807) is 14.2 Å². The van der Waals surface area contributed by atoms with Gasteiger partial charge in [0.2, 0.25) is 0 Å². The molecule has 0 aliphatic heterocycles. The van der Waals surface area contributed by atoms with Gasteiger partial charge in [0, 0.05) is 33.1 Å². The van der Waals surface area contributed by atoms with Crippen LogP contribution in [0.25, 0.3) is 22.6 Å². The number of imidazole rings is 1. The number of alkyl halides is 3. The number of sulfone groups is 1. The molecule has 12 heteroatoms. The number of rotatable bonds is 6. The standard InChI is InChI=1S/C20H21F3N4O4S/c1-4-32(28,29)16-7-13(31-12-5-11(6-12)30-3)9-25-18(16)19-26-14-8-17(20(21,22)23)24-10-15(14)27(19)2/h7-12H,4-6H2,1-3H3. The third-order valence-electron chi connectivity index (χ3n) is 5.50. The van der Waals surface area contributed by atoms with Crippen LogP contribution in [0.1, 0.15) is 25.5 Å². The van der Waals surface area contributed by atoms with Crippen molar-refractivity contribution in [1.82, 2.24) is 19.5 Å². The second-order valence-corrected chi connectivity index (χ2v) is 9.79. The minimum atomic E-state index is -4.62. The first-order valence-corrected chi connectivity index (χ1v) is 11.5. The molecule has 0 amide bonds. The number of ether oxygens (including phenoxy) is 2. The number of hydrogen-bond acceptors (Lipinski definition) is 7. The lowest BCUT2D eigenvalue weighted by molar-refractivity contribution is -0.141. The predicted molar refractivity (Wildman–Crippen MR) is 109 cm³/mol. The number of aromatic nitrogens is 4. The van der Waals surface area contributed by atoms with Gasteiger partial charge in [0.25, 0.3) is 0 Å². The molecular weight excluding hydrogens is 449 g/mol. The summed E-state index contributed by atoms with van der Waals surface area (Å²) in [4.78, 5) is 11.9. The van der Waals surface area contributed by atoms with E-state index in [9.17, 15) is 21.6 Å². The molecular formula is C20H21F3N4O4S. The molecule has 0 saturated heterocycles. The summed E-state index contributed by atoms with van der Waals surface area (Å²) in [5, 5.41) is 0. The SMILES string of the molecule is CCS(=O)(=O)c1cc(OC2CC(OC)C2)cnc1-c1nc2cc(C(F)(F)F)ncc2n1C. The highest BCUT2D eigenvalue weighted by Gasteiger charge is 2.34. The molecule has 0 atom stereocenters. The zero-order valence-corrected chi connectivity index (χ0v) is 18.4. The minimum absolute atomic E-state index is 0.0341. The van der Waals surface area contributed by atoms with Gasteiger partial charge >= 0.3 is 6.18 Å². The molecule has 1 saturated carbocycles. The van der Waals surface area contributed by atoms with E-state index < -0.39 is 21.7 Å². The zero-order valence-electron chi connectivity index (χ0n) is 17.5. The van der Waals surface area contributed by atoms with E-state index >= 15 is 0 Å². The lowest BCUT2D eigenvalue weighted by atomic mass is 9.92. The first-order chi connectivity index (χ1) is 15.0. The van der Waals surface area contributed by atoms with Crippen molar-refractivity contribution >= 4 is 20.9 Å². The molecule has 8 nitrogen and oxygen atoms in total. The summed E-state index contributed by atoms with van der Waals surface area (Å²) < 4.78 is 77.2. The topological polar surface area (TPSA) is 96.2 Å². The number of aryl methyl sites for hydroxylation is 1.